The van der Waals surface area contributed by atoms with Crippen LogP contribution in [0.2, 0.25) is 0 Å². The third-order valence-electron chi connectivity index (χ3n) is 4.20. The third-order valence-corrected chi connectivity index (χ3v) is 4.20. The SMILES string of the molecule is Cc1nnc2n1CCC(N(C)Cc1ccncc1)CC2. The van der Waals surface area contributed by atoms with Crippen LogP contribution < -0.4 is 0 Å². The van der Waals surface area contributed by atoms with Crippen molar-refractivity contribution in [3.05, 3.63) is 41.7 Å². The number of pyridine rings is 1. The molecule has 0 bridgehead atoms. The quantitative estimate of drug-likeness (QED) is 0.854. The van der Waals surface area contributed by atoms with Gasteiger partial charge in [-0.15, -0.1) is 10.2 Å². The summed E-state index contributed by atoms with van der Waals surface area (Å²) >= 11 is 0. The van der Waals surface area contributed by atoms with Crippen molar-refractivity contribution in [1.29, 1.82) is 0 Å². The molecule has 0 spiro atoms. The Bertz CT molecular complexity index is 563. The molecule has 3 rings (SSSR count). The zero-order chi connectivity index (χ0) is 13.9. The summed E-state index contributed by atoms with van der Waals surface area (Å²) in [7, 11) is 2.21. The monoisotopic (exact) mass is 271 g/mol. The normalized spacial score (nSPS) is 18.9. The van der Waals surface area contributed by atoms with Crippen molar-refractivity contribution in [3.8, 4) is 0 Å². The van der Waals surface area contributed by atoms with Gasteiger partial charge in [-0.25, -0.2) is 0 Å². The van der Waals surface area contributed by atoms with Gasteiger partial charge in [0.25, 0.3) is 0 Å². The van der Waals surface area contributed by atoms with Crippen LogP contribution >= 0.6 is 0 Å². The number of aryl methyl sites for hydroxylation is 2. The van der Waals surface area contributed by atoms with Gasteiger partial charge in [-0.05, 0) is 44.5 Å². The molecule has 106 valence electrons. The fraction of sp³-hybridized carbons (Fsp3) is 0.533. The maximum Gasteiger partial charge on any atom is 0.133 e. The van der Waals surface area contributed by atoms with Gasteiger partial charge in [0.2, 0.25) is 0 Å². The van der Waals surface area contributed by atoms with Crippen LogP contribution in [-0.2, 0) is 19.5 Å². The van der Waals surface area contributed by atoms with Crippen LogP contribution in [0.4, 0.5) is 0 Å². The molecule has 1 atom stereocenters. The molecule has 0 amide bonds. The summed E-state index contributed by atoms with van der Waals surface area (Å²) in [5.74, 6) is 2.18. The molecule has 2 aromatic heterocycles. The Hall–Kier alpha value is -1.75. The molecule has 3 heterocycles. The molecule has 2 aromatic rings. The standard InChI is InChI=1S/C15H21N5/c1-12-17-18-15-4-3-14(7-10-20(12)15)19(2)11-13-5-8-16-9-6-13/h5-6,8-9,14H,3-4,7,10-11H2,1-2H3. The van der Waals surface area contributed by atoms with Crippen molar-refractivity contribution in [2.45, 2.75) is 45.3 Å². The van der Waals surface area contributed by atoms with Crippen LogP contribution in [0.5, 0.6) is 0 Å². The molecule has 0 fully saturated rings. The Morgan fingerprint density at radius 3 is 2.85 bits per heavy atom. The molecule has 1 aliphatic heterocycles. The first-order chi connectivity index (χ1) is 9.74. The number of fused-ring (bicyclic) bond motifs is 1. The smallest absolute Gasteiger partial charge is 0.133 e. The summed E-state index contributed by atoms with van der Waals surface area (Å²) in [6, 6.07) is 4.78. The van der Waals surface area contributed by atoms with Gasteiger partial charge in [-0.3, -0.25) is 9.88 Å². The molecule has 5 heteroatoms. The molecule has 1 aliphatic rings. The van der Waals surface area contributed by atoms with E-state index in [0.29, 0.717) is 6.04 Å². The van der Waals surface area contributed by atoms with E-state index in [4.69, 9.17) is 0 Å². The van der Waals surface area contributed by atoms with E-state index >= 15 is 0 Å². The maximum atomic E-state index is 4.28. The third kappa shape index (κ3) is 2.72. The van der Waals surface area contributed by atoms with E-state index < -0.39 is 0 Å². The summed E-state index contributed by atoms with van der Waals surface area (Å²) in [4.78, 5) is 6.52. The predicted octanol–water partition coefficient (Wildman–Crippen LogP) is 1.82. The average Bonchev–Trinajstić information content (AvgIpc) is 2.70. The van der Waals surface area contributed by atoms with Crippen LogP contribution in [-0.4, -0.2) is 37.7 Å². The summed E-state index contributed by atoms with van der Waals surface area (Å²) in [6.45, 7) is 4.05. The lowest BCUT2D eigenvalue weighted by Crippen LogP contribution is -2.31. The highest BCUT2D eigenvalue weighted by Gasteiger charge is 2.21. The number of rotatable bonds is 3. The van der Waals surface area contributed by atoms with E-state index in [1.165, 1.54) is 5.56 Å². The Morgan fingerprint density at radius 2 is 2.05 bits per heavy atom. The second kappa shape index (κ2) is 5.71. The Morgan fingerprint density at radius 1 is 1.25 bits per heavy atom. The van der Waals surface area contributed by atoms with Gasteiger partial charge in [-0.2, -0.15) is 0 Å². The second-order valence-electron chi connectivity index (χ2n) is 5.57. The van der Waals surface area contributed by atoms with Crippen molar-refractivity contribution in [2.24, 2.45) is 0 Å². The average molecular weight is 271 g/mol. The summed E-state index contributed by atoms with van der Waals surface area (Å²) in [5.41, 5.74) is 1.32. The summed E-state index contributed by atoms with van der Waals surface area (Å²) < 4.78 is 2.26. The zero-order valence-corrected chi connectivity index (χ0v) is 12.2. The molecule has 0 aromatic carbocycles. The minimum absolute atomic E-state index is 0.601. The van der Waals surface area contributed by atoms with Gasteiger partial charge in [0.15, 0.2) is 0 Å². The highest BCUT2D eigenvalue weighted by Crippen LogP contribution is 2.19. The van der Waals surface area contributed by atoms with Crippen molar-refractivity contribution >= 4 is 0 Å². The first-order valence-electron chi connectivity index (χ1n) is 7.22. The zero-order valence-electron chi connectivity index (χ0n) is 12.2. The van der Waals surface area contributed by atoms with Gasteiger partial charge in [0.1, 0.15) is 11.6 Å². The molecular weight excluding hydrogens is 250 g/mol. The number of nitrogens with zero attached hydrogens (tertiary/aromatic N) is 5. The van der Waals surface area contributed by atoms with Gasteiger partial charge in [-0.1, -0.05) is 0 Å². The molecule has 1 unspecified atom stereocenters. The first kappa shape index (κ1) is 13.2. The number of hydrogen-bond donors (Lipinski definition) is 0. The predicted molar refractivity (Wildman–Crippen MR) is 77.2 cm³/mol. The van der Waals surface area contributed by atoms with Crippen molar-refractivity contribution < 1.29 is 0 Å². The lowest BCUT2D eigenvalue weighted by Gasteiger charge is -2.26. The van der Waals surface area contributed by atoms with Crippen molar-refractivity contribution in [3.63, 3.8) is 0 Å². The molecule has 0 N–H and O–H groups in total. The van der Waals surface area contributed by atoms with Crippen LogP contribution in [0.15, 0.2) is 24.5 Å². The maximum absolute atomic E-state index is 4.28. The largest absolute Gasteiger partial charge is 0.315 e. The van der Waals surface area contributed by atoms with Crippen LogP contribution in [0, 0.1) is 6.92 Å². The molecule has 20 heavy (non-hydrogen) atoms. The summed E-state index contributed by atoms with van der Waals surface area (Å²) in [5, 5.41) is 8.45. The lowest BCUT2D eigenvalue weighted by atomic mass is 10.1. The van der Waals surface area contributed by atoms with E-state index in [0.717, 1.165) is 44.0 Å². The van der Waals surface area contributed by atoms with E-state index in [1.807, 2.05) is 19.3 Å². The number of hydrogen-bond acceptors (Lipinski definition) is 4. The van der Waals surface area contributed by atoms with Gasteiger partial charge >= 0.3 is 0 Å². The molecule has 0 radical (unpaired) electrons. The van der Waals surface area contributed by atoms with Gasteiger partial charge in [0, 0.05) is 37.9 Å². The molecule has 5 nitrogen and oxygen atoms in total. The highest BCUT2D eigenvalue weighted by molar-refractivity contribution is 5.09. The number of aromatic nitrogens is 4. The van der Waals surface area contributed by atoms with E-state index in [9.17, 15) is 0 Å². The first-order valence-corrected chi connectivity index (χ1v) is 7.22. The van der Waals surface area contributed by atoms with Crippen molar-refractivity contribution in [1.82, 2.24) is 24.6 Å². The van der Waals surface area contributed by atoms with Crippen molar-refractivity contribution in [2.75, 3.05) is 7.05 Å². The Labute approximate surface area is 119 Å². The molecule has 0 saturated heterocycles. The van der Waals surface area contributed by atoms with Gasteiger partial charge in [0.05, 0.1) is 0 Å². The Kier molecular flexibility index (Phi) is 3.78. The lowest BCUT2D eigenvalue weighted by molar-refractivity contribution is 0.210. The second-order valence-corrected chi connectivity index (χ2v) is 5.57. The highest BCUT2D eigenvalue weighted by atomic mass is 15.3. The molecule has 0 saturated carbocycles. The molecular formula is C15H21N5. The topological polar surface area (TPSA) is 46.8 Å². The minimum Gasteiger partial charge on any atom is -0.315 e. The van der Waals surface area contributed by atoms with Gasteiger partial charge < -0.3 is 4.57 Å². The fourth-order valence-corrected chi connectivity index (χ4v) is 2.96. The van der Waals surface area contributed by atoms with Crippen LogP contribution in [0.1, 0.15) is 30.1 Å². The van der Waals surface area contributed by atoms with Crippen LogP contribution in [0.25, 0.3) is 0 Å². The Balaban J connectivity index is 1.64. The van der Waals surface area contributed by atoms with E-state index in [-0.39, 0.29) is 0 Å². The summed E-state index contributed by atoms with van der Waals surface area (Å²) in [6.07, 6.45) is 7.06. The van der Waals surface area contributed by atoms with Crippen LogP contribution in [0.3, 0.4) is 0 Å². The minimum atomic E-state index is 0.601. The van der Waals surface area contributed by atoms with E-state index in [1.54, 1.807) is 0 Å². The van der Waals surface area contributed by atoms with E-state index in [2.05, 4.69) is 43.8 Å². The fourth-order valence-electron chi connectivity index (χ4n) is 2.96. The molecule has 0 aliphatic carbocycles.